The van der Waals surface area contributed by atoms with Crippen molar-refractivity contribution in [3.8, 4) is 0 Å². The Balaban J connectivity index is 1.77. The first kappa shape index (κ1) is 20.1. The molecule has 146 valence electrons. The molecule has 1 saturated heterocycles. The van der Waals surface area contributed by atoms with Gasteiger partial charge in [0.2, 0.25) is 0 Å². The van der Waals surface area contributed by atoms with Crippen molar-refractivity contribution in [1.82, 2.24) is 4.31 Å². The molecule has 0 radical (unpaired) electrons. The minimum absolute atomic E-state index is 0.0890. The van der Waals surface area contributed by atoms with E-state index in [1.54, 1.807) is 12.1 Å². The Morgan fingerprint density at radius 2 is 1.96 bits per heavy atom. The molecule has 7 heteroatoms. The summed E-state index contributed by atoms with van der Waals surface area (Å²) in [5.41, 5.74) is 2.33. The zero-order valence-corrected chi connectivity index (χ0v) is 17.4. The Labute approximate surface area is 166 Å². The van der Waals surface area contributed by atoms with Gasteiger partial charge < -0.3 is 4.90 Å². The Kier molecular flexibility index (Phi) is 6.08. The standard InChI is InChI=1S/C20H25ClFN3OS/c1-15(2)19-10-9-16(13-20(19)21)23-27(22,26)25-12-11-18(14-25)24(3)17-7-5-4-6-8-17/h4-10,13,15,18H,11-12,14H2,1-3H3. The van der Waals surface area contributed by atoms with E-state index in [0.29, 0.717) is 23.8 Å². The van der Waals surface area contributed by atoms with Crippen LogP contribution in [0, 0.1) is 0 Å². The van der Waals surface area contributed by atoms with E-state index < -0.39 is 10.3 Å². The Bertz CT molecular complexity index is 913. The molecule has 0 bridgehead atoms. The highest BCUT2D eigenvalue weighted by molar-refractivity contribution is 7.86. The van der Waals surface area contributed by atoms with Gasteiger partial charge in [0.25, 0.3) is 10.3 Å². The van der Waals surface area contributed by atoms with E-state index in [2.05, 4.69) is 9.26 Å². The third-order valence-electron chi connectivity index (χ3n) is 4.98. The summed E-state index contributed by atoms with van der Waals surface area (Å²) in [7, 11) is -2.01. The van der Waals surface area contributed by atoms with Gasteiger partial charge in [0.05, 0.1) is 5.69 Å². The second-order valence-corrected chi connectivity index (χ2v) is 9.13. The quantitative estimate of drug-likeness (QED) is 0.605. The van der Waals surface area contributed by atoms with Crippen LogP contribution in [-0.2, 0) is 10.3 Å². The second-order valence-electron chi connectivity index (χ2n) is 7.16. The van der Waals surface area contributed by atoms with E-state index in [1.807, 2.05) is 57.3 Å². The summed E-state index contributed by atoms with van der Waals surface area (Å²) in [5, 5.41) is 0.518. The molecule has 27 heavy (non-hydrogen) atoms. The van der Waals surface area contributed by atoms with E-state index in [1.165, 1.54) is 4.31 Å². The topological polar surface area (TPSA) is 35.9 Å². The third kappa shape index (κ3) is 4.62. The van der Waals surface area contributed by atoms with E-state index in [-0.39, 0.29) is 12.0 Å². The fraction of sp³-hybridized carbons (Fsp3) is 0.400. The van der Waals surface area contributed by atoms with Crippen LogP contribution < -0.4 is 4.90 Å². The average molecular weight is 410 g/mol. The summed E-state index contributed by atoms with van der Waals surface area (Å²) in [4.78, 5) is 2.10. The molecule has 0 N–H and O–H groups in total. The predicted octanol–water partition coefficient (Wildman–Crippen LogP) is 5.57. The van der Waals surface area contributed by atoms with Crippen molar-refractivity contribution in [3.63, 3.8) is 0 Å². The lowest BCUT2D eigenvalue weighted by Crippen LogP contribution is -2.35. The van der Waals surface area contributed by atoms with Crippen LogP contribution in [0.2, 0.25) is 5.02 Å². The molecule has 2 aromatic carbocycles. The number of anilines is 1. The molecule has 3 rings (SSSR count). The van der Waals surface area contributed by atoms with Crippen LogP contribution in [0.3, 0.4) is 0 Å². The van der Waals surface area contributed by atoms with Crippen LogP contribution in [0.25, 0.3) is 0 Å². The highest BCUT2D eigenvalue weighted by Crippen LogP contribution is 2.31. The predicted molar refractivity (Wildman–Crippen MR) is 112 cm³/mol. The number of rotatable bonds is 5. The molecule has 0 amide bonds. The van der Waals surface area contributed by atoms with Gasteiger partial charge in [0.15, 0.2) is 0 Å². The van der Waals surface area contributed by atoms with E-state index in [9.17, 15) is 8.09 Å². The van der Waals surface area contributed by atoms with Crippen molar-refractivity contribution < 1.29 is 8.09 Å². The maximum atomic E-state index is 14.9. The van der Waals surface area contributed by atoms with Crippen LogP contribution in [0.15, 0.2) is 52.9 Å². The number of benzene rings is 2. The summed E-state index contributed by atoms with van der Waals surface area (Å²) in [6, 6.07) is 15.1. The van der Waals surface area contributed by atoms with Gasteiger partial charge in [-0.05, 0) is 42.2 Å². The van der Waals surface area contributed by atoms with Crippen LogP contribution in [0.5, 0.6) is 0 Å². The van der Waals surface area contributed by atoms with Crippen LogP contribution >= 0.6 is 11.6 Å². The van der Waals surface area contributed by atoms with Crippen molar-refractivity contribution in [2.45, 2.75) is 32.2 Å². The van der Waals surface area contributed by atoms with Gasteiger partial charge in [-0.1, -0.05) is 49.7 Å². The van der Waals surface area contributed by atoms with Crippen molar-refractivity contribution in [1.29, 1.82) is 0 Å². The highest BCUT2D eigenvalue weighted by atomic mass is 35.5. The number of halogens is 2. The van der Waals surface area contributed by atoms with E-state index in [4.69, 9.17) is 11.6 Å². The van der Waals surface area contributed by atoms with Crippen molar-refractivity contribution in [2.24, 2.45) is 4.36 Å². The van der Waals surface area contributed by atoms with Crippen molar-refractivity contribution >= 4 is 33.3 Å². The van der Waals surface area contributed by atoms with Gasteiger partial charge in [-0.3, -0.25) is 0 Å². The van der Waals surface area contributed by atoms with Crippen molar-refractivity contribution in [2.75, 3.05) is 25.0 Å². The van der Waals surface area contributed by atoms with Crippen LogP contribution in [-0.4, -0.2) is 34.7 Å². The van der Waals surface area contributed by atoms with Gasteiger partial charge >= 0.3 is 0 Å². The molecular weight excluding hydrogens is 385 g/mol. The molecule has 1 aliphatic heterocycles. The van der Waals surface area contributed by atoms with Crippen LogP contribution in [0.1, 0.15) is 31.7 Å². The minimum Gasteiger partial charge on any atom is -0.370 e. The van der Waals surface area contributed by atoms with Gasteiger partial charge in [-0.25, -0.2) is 0 Å². The first-order chi connectivity index (χ1) is 12.8. The number of nitrogens with zero attached hydrogens (tertiary/aromatic N) is 3. The number of hydrogen-bond acceptors (Lipinski definition) is 3. The normalized spacial score (nSPS) is 19.9. The number of hydrogen-bond donors (Lipinski definition) is 0. The fourth-order valence-corrected chi connectivity index (χ4v) is 4.90. The van der Waals surface area contributed by atoms with Gasteiger partial charge in [0.1, 0.15) is 0 Å². The Morgan fingerprint density at radius 1 is 1.26 bits per heavy atom. The zero-order valence-electron chi connectivity index (χ0n) is 15.8. The highest BCUT2D eigenvalue weighted by Gasteiger charge is 2.32. The Morgan fingerprint density at radius 3 is 2.59 bits per heavy atom. The summed E-state index contributed by atoms with van der Waals surface area (Å²) >= 11 is 6.25. The largest absolute Gasteiger partial charge is 0.370 e. The van der Waals surface area contributed by atoms with Gasteiger partial charge in [0, 0.05) is 36.9 Å². The molecule has 1 heterocycles. The summed E-state index contributed by atoms with van der Waals surface area (Å²) in [6.45, 7) is 4.83. The first-order valence-corrected chi connectivity index (χ1v) is 10.8. The lowest BCUT2D eigenvalue weighted by Gasteiger charge is -2.26. The summed E-state index contributed by atoms with van der Waals surface area (Å²) < 4.78 is 32.8. The fourth-order valence-electron chi connectivity index (χ4n) is 3.33. The minimum atomic E-state index is -3.99. The maximum Gasteiger partial charge on any atom is 0.275 e. The molecule has 4 nitrogen and oxygen atoms in total. The van der Waals surface area contributed by atoms with Gasteiger partial charge in [-0.2, -0.15) is 12.9 Å². The molecule has 2 unspecified atom stereocenters. The maximum absolute atomic E-state index is 14.9. The molecule has 1 fully saturated rings. The third-order valence-corrected chi connectivity index (χ3v) is 6.71. The van der Waals surface area contributed by atoms with E-state index in [0.717, 1.165) is 17.7 Å². The molecule has 0 aliphatic carbocycles. The average Bonchev–Trinajstić information content (AvgIpc) is 3.12. The van der Waals surface area contributed by atoms with Crippen LogP contribution in [0.4, 0.5) is 15.3 Å². The number of para-hydroxylation sites is 1. The molecule has 2 aromatic rings. The summed E-state index contributed by atoms with van der Waals surface area (Å²) in [5.74, 6) is 0.258. The SMILES string of the molecule is CC(C)c1ccc(N=S(=O)(F)N2CCC(N(C)c3ccccc3)C2)cc1Cl. The molecule has 2 atom stereocenters. The number of likely N-dealkylation sites (N-methyl/N-ethyl adjacent to an activating group) is 1. The lowest BCUT2D eigenvalue weighted by atomic mass is 10.0. The van der Waals surface area contributed by atoms with E-state index >= 15 is 0 Å². The second kappa shape index (κ2) is 8.17. The zero-order chi connectivity index (χ0) is 19.6. The Hall–Kier alpha value is -1.63. The monoisotopic (exact) mass is 409 g/mol. The summed E-state index contributed by atoms with van der Waals surface area (Å²) in [6.07, 6.45) is 0.731. The molecule has 0 aromatic heterocycles. The van der Waals surface area contributed by atoms with Gasteiger partial charge in [-0.15, -0.1) is 3.89 Å². The first-order valence-electron chi connectivity index (χ1n) is 9.07. The van der Waals surface area contributed by atoms with Crippen molar-refractivity contribution in [3.05, 3.63) is 59.1 Å². The molecule has 0 saturated carbocycles. The molecule has 1 aliphatic rings. The molecule has 0 spiro atoms. The lowest BCUT2D eigenvalue weighted by molar-refractivity contribution is 0.483. The smallest absolute Gasteiger partial charge is 0.275 e. The molecular formula is C20H25ClFN3OS.